The SMILES string of the molecule is CC(CC(=O)NCC1NCCc2ccccc21)c1ccccc1F.Cl. The molecule has 1 amide bonds. The van der Waals surface area contributed by atoms with Crippen LogP contribution >= 0.6 is 12.4 Å². The highest BCUT2D eigenvalue weighted by Crippen LogP contribution is 2.23. The number of carbonyl (C=O) groups excluding carboxylic acids is 1. The third-order valence-corrected chi connectivity index (χ3v) is 4.65. The van der Waals surface area contributed by atoms with Gasteiger partial charge in [0.15, 0.2) is 0 Å². The number of nitrogens with one attached hydrogen (secondary N) is 2. The third-order valence-electron chi connectivity index (χ3n) is 4.65. The quantitative estimate of drug-likeness (QED) is 0.850. The molecule has 0 aromatic heterocycles. The van der Waals surface area contributed by atoms with E-state index in [2.05, 4.69) is 28.8 Å². The summed E-state index contributed by atoms with van der Waals surface area (Å²) in [6, 6.07) is 15.1. The van der Waals surface area contributed by atoms with Crippen LogP contribution in [0, 0.1) is 5.82 Å². The number of amides is 1. The summed E-state index contributed by atoms with van der Waals surface area (Å²) in [5.41, 5.74) is 3.19. The van der Waals surface area contributed by atoms with Gasteiger partial charge >= 0.3 is 0 Å². The Bertz CT molecular complexity index is 722. The standard InChI is InChI=1S/C20H23FN2O.ClH/c1-14(16-7-4-5-9-18(16)21)12-20(24)23-13-19-17-8-3-2-6-15(17)10-11-22-19;/h2-9,14,19,22H,10-13H2,1H3,(H,23,24);1H. The van der Waals surface area contributed by atoms with Gasteiger partial charge in [0.05, 0.1) is 0 Å². The van der Waals surface area contributed by atoms with Crippen LogP contribution in [0.2, 0.25) is 0 Å². The molecule has 2 unspecified atom stereocenters. The molecule has 2 aromatic carbocycles. The first-order chi connectivity index (χ1) is 11.6. The number of hydrogen-bond acceptors (Lipinski definition) is 2. The summed E-state index contributed by atoms with van der Waals surface area (Å²) in [5, 5.41) is 6.44. The molecular weight excluding hydrogens is 339 g/mol. The Hall–Kier alpha value is -1.91. The highest BCUT2D eigenvalue weighted by molar-refractivity contribution is 5.85. The molecule has 0 radical (unpaired) electrons. The van der Waals surface area contributed by atoms with Crippen molar-refractivity contribution in [3.63, 3.8) is 0 Å². The maximum Gasteiger partial charge on any atom is 0.220 e. The van der Waals surface area contributed by atoms with Gasteiger partial charge in [0.25, 0.3) is 0 Å². The molecule has 1 aliphatic heterocycles. The molecule has 0 aliphatic carbocycles. The van der Waals surface area contributed by atoms with Crippen molar-refractivity contribution < 1.29 is 9.18 Å². The molecule has 2 atom stereocenters. The number of halogens is 2. The second-order valence-corrected chi connectivity index (χ2v) is 6.39. The van der Waals surface area contributed by atoms with Gasteiger partial charge in [0.1, 0.15) is 5.82 Å². The van der Waals surface area contributed by atoms with E-state index in [-0.39, 0.29) is 42.5 Å². The van der Waals surface area contributed by atoms with Crippen LogP contribution in [0.25, 0.3) is 0 Å². The number of carbonyl (C=O) groups is 1. The van der Waals surface area contributed by atoms with Crippen LogP contribution in [-0.2, 0) is 11.2 Å². The van der Waals surface area contributed by atoms with Gasteiger partial charge in [-0.05, 0) is 41.6 Å². The molecule has 0 fully saturated rings. The molecule has 5 heteroatoms. The van der Waals surface area contributed by atoms with Gasteiger partial charge < -0.3 is 10.6 Å². The number of rotatable bonds is 5. The van der Waals surface area contributed by atoms with Crippen molar-refractivity contribution in [3.8, 4) is 0 Å². The molecule has 1 heterocycles. The zero-order chi connectivity index (χ0) is 16.9. The van der Waals surface area contributed by atoms with Crippen molar-refractivity contribution in [2.75, 3.05) is 13.1 Å². The fraction of sp³-hybridized carbons (Fsp3) is 0.350. The highest BCUT2D eigenvalue weighted by atomic mass is 35.5. The summed E-state index contributed by atoms with van der Waals surface area (Å²) in [7, 11) is 0. The first-order valence-electron chi connectivity index (χ1n) is 8.47. The van der Waals surface area contributed by atoms with E-state index in [0.29, 0.717) is 12.1 Å². The normalized spacial score (nSPS) is 17.1. The van der Waals surface area contributed by atoms with Gasteiger partial charge in [-0.3, -0.25) is 4.79 Å². The van der Waals surface area contributed by atoms with E-state index in [1.807, 2.05) is 13.0 Å². The number of hydrogen-bond donors (Lipinski definition) is 2. The van der Waals surface area contributed by atoms with Crippen molar-refractivity contribution in [3.05, 3.63) is 71.0 Å². The second-order valence-electron chi connectivity index (χ2n) is 6.39. The van der Waals surface area contributed by atoms with E-state index in [0.717, 1.165) is 13.0 Å². The van der Waals surface area contributed by atoms with E-state index in [4.69, 9.17) is 0 Å². The minimum Gasteiger partial charge on any atom is -0.354 e. The molecule has 0 saturated carbocycles. The van der Waals surface area contributed by atoms with Crippen molar-refractivity contribution >= 4 is 18.3 Å². The zero-order valence-corrected chi connectivity index (χ0v) is 15.1. The van der Waals surface area contributed by atoms with Crippen molar-refractivity contribution in [1.82, 2.24) is 10.6 Å². The maximum atomic E-state index is 13.8. The van der Waals surface area contributed by atoms with Crippen LogP contribution in [0.4, 0.5) is 4.39 Å². The first-order valence-corrected chi connectivity index (χ1v) is 8.47. The lowest BCUT2D eigenvalue weighted by atomic mass is 9.94. The van der Waals surface area contributed by atoms with E-state index >= 15 is 0 Å². The van der Waals surface area contributed by atoms with Crippen LogP contribution in [0.1, 0.15) is 42.0 Å². The molecular formula is C20H24ClFN2O. The van der Waals surface area contributed by atoms with Gasteiger partial charge in [0.2, 0.25) is 5.91 Å². The van der Waals surface area contributed by atoms with Crippen LogP contribution in [0.3, 0.4) is 0 Å². The second kappa shape index (κ2) is 8.97. The summed E-state index contributed by atoms with van der Waals surface area (Å²) >= 11 is 0. The van der Waals surface area contributed by atoms with Crippen LogP contribution in [-0.4, -0.2) is 19.0 Å². The van der Waals surface area contributed by atoms with E-state index in [1.165, 1.54) is 17.2 Å². The molecule has 2 aromatic rings. The lowest BCUT2D eigenvalue weighted by Crippen LogP contribution is -2.39. The Labute approximate surface area is 154 Å². The van der Waals surface area contributed by atoms with E-state index < -0.39 is 0 Å². The van der Waals surface area contributed by atoms with Gasteiger partial charge in [-0.15, -0.1) is 12.4 Å². The van der Waals surface area contributed by atoms with Crippen LogP contribution < -0.4 is 10.6 Å². The topological polar surface area (TPSA) is 41.1 Å². The average molecular weight is 363 g/mol. The van der Waals surface area contributed by atoms with E-state index in [9.17, 15) is 9.18 Å². The Kier molecular flexibility index (Phi) is 6.97. The van der Waals surface area contributed by atoms with Gasteiger partial charge in [-0.2, -0.15) is 0 Å². The Morgan fingerprint density at radius 1 is 1.24 bits per heavy atom. The Balaban J connectivity index is 0.00000225. The summed E-state index contributed by atoms with van der Waals surface area (Å²) in [4.78, 5) is 12.2. The molecule has 25 heavy (non-hydrogen) atoms. The fourth-order valence-corrected chi connectivity index (χ4v) is 3.33. The monoisotopic (exact) mass is 362 g/mol. The number of benzene rings is 2. The lowest BCUT2D eigenvalue weighted by Gasteiger charge is -2.27. The lowest BCUT2D eigenvalue weighted by molar-refractivity contribution is -0.121. The third kappa shape index (κ3) is 4.80. The molecule has 1 aliphatic rings. The van der Waals surface area contributed by atoms with Gasteiger partial charge in [-0.1, -0.05) is 49.4 Å². The molecule has 0 saturated heterocycles. The van der Waals surface area contributed by atoms with Gasteiger partial charge in [-0.25, -0.2) is 4.39 Å². The minimum absolute atomic E-state index is 0. The number of fused-ring (bicyclic) bond motifs is 1. The fourth-order valence-electron chi connectivity index (χ4n) is 3.33. The summed E-state index contributed by atoms with van der Waals surface area (Å²) in [5.74, 6) is -0.436. The summed E-state index contributed by atoms with van der Waals surface area (Å²) in [6.45, 7) is 3.36. The van der Waals surface area contributed by atoms with Gasteiger partial charge in [0, 0.05) is 19.0 Å². The first kappa shape index (κ1) is 19.4. The van der Waals surface area contributed by atoms with Crippen molar-refractivity contribution in [2.24, 2.45) is 0 Å². The van der Waals surface area contributed by atoms with Crippen LogP contribution in [0.15, 0.2) is 48.5 Å². The van der Waals surface area contributed by atoms with Crippen molar-refractivity contribution in [2.45, 2.75) is 31.7 Å². The van der Waals surface area contributed by atoms with Crippen LogP contribution in [0.5, 0.6) is 0 Å². The molecule has 3 nitrogen and oxygen atoms in total. The predicted molar refractivity (Wildman–Crippen MR) is 101 cm³/mol. The minimum atomic E-state index is -0.249. The Morgan fingerprint density at radius 2 is 1.96 bits per heavy atom. The average Bonchev–Trinajstić information content (AvgIpc) is 2.60. The molecule has 134 valence electrons. The summed E-state index contributed by atoms with van der Waals surface area (Å²) < 4.78 is 13.8. The predicted octanol–water partition coefficient (Wildman–Crippen LogP) is 3.74. The highest BCUT2D eigenvalue weighted by Gasteiger charge is 2.20. The van der Waals surface area contributed by atoms with Crippen molar-refractivity contribution in [1.29, 1.82) is 0 Å². The molecule has 0 spiro atoms. The molecule has 2 N–H and O–H groups in total. The summed E-state index contributed by atoms with van der Waals surface area (Å²) in [6.07, 6.45) is 1.31. The Morgan fingerprint density at radius 3 is 2.76 bits per heavy atom. The van der Waals surface area contributed by atoms with E-state index in [1.54, 1.807) is 18.2 Å². The molecule has 0 bridgehead atoms. The zero-order valence-electron chi connectivity index (χ0n) is 14.3. The maximum absolute atomic E-state index is 13.8. The largest absolute Gasteiger partial charge is 0.354 e. The smallest absolute Gasteiger partial charge is 0.220 e. The molecule has 3 rings (SSSR count).